The van der Waals surface area contributed by atoms with Crippen molar-refractivity contribution in [3.63, 3.8) is 0 Å². The van der Waals surface area contributed by atoms with Gasteiger partial charge in [-0.3, -0.25) is 9.69 Å². The Morgan fingerprint density at radius 2 is 2.13 bits per heavy atom. The standard InChI is InChI=1S/C18H21BrN2O2/c1-21(2)15(16-7-4-10-23-16)12-20-17(22)18(8-9-18)13-5-3-6-14(19)11-13/h3-7,10-11,15H,8-9,12H2,1-2H3,(H,20,22). The van der Waals surface area contributed by atoms with Crippen molar-refractivity contribution in [2.24, 2.45) is 0 Å². The van der Waals surface area contributed by atoms with Crippen LogP contribution in [0.5, 0.6) is 0 Å². The summed E-state index contributed by atoms with van der Waals surface area (Å²) in [7, 11) is 3.97. The Bertz CT molecular complexity index is 678. The number of nitrogens with zero attached hydrogens (tertiary/aromatic N) is 1. The summed E-state index contributed by atoms with van der Waals surface area (Å²) in [5.74, 6) is 0.969. The lowest BCUT2D eigenvalue weighted by molar-refractivity contribution is -0.123. The number of hydrogen-bond acceptors (Lipinski definition) is 3. The van der Waals surface area contributed by atoms with E-state index in [2.05, 4.69) is 26.1 Å². The maximum atomic E-state index is 12.8. The molecule has 1 aliphatic carbocycles. The largest absolute Gasteiger partial charge is 0.468 e. The Morgan fingerprint density at radius 3 is 2.70 bits per heavy atom. The van der Waals surface area contributed by atoms with E-state index in [1.54, 1.807) is 6.26 Å². The highest BCUT2D eigenvalue weighted by Gasteiger charge is 2.51. The molecule has 1 atom stereocenters. The van der Waals surface area contributed by atoms with E-state index < -0.39 is 0 Å². The SMILES string of the molecule is CN(C)C(CNC(=O)C1(c2cccc(Br)c2)CC1)c1ccco1. The zero-order valence-corrected chi connectivity index (χ0v) is 15.0. The normalized spacial score (nSPS) is 17.0. The quantitative estimate of drug-likeness (QED) is 0.838. The fourth-order valence-electron chi connectivity index (χ4n) is 2.94. The fraction of sp³-hybridized carbons (Fsp3) is 0.389. The molecule has 1 aromatic heterocycles. The molecule has 1 heterocycles. The summed E-state index contributed by atoms with van der Waals surface area (Å²) in [6.45, 7) is 0.537. The Labute approximate surface area is 145 Å². The molecule has 1 amide bonds. The van der Waals surface area contributed by atoms with E-state index in [1.807, 2.05) is 50.5 Å². The Balaban J connectivity index is 1.69. The van der Waals surface area contributed by atoms with Crippen molar-refractivity contribution in [1.29, 1.82) is 0 Å². The van der Waals surface area contributed by atoms with E-state index in [0.717, 1.165) is 28.6 Å². The lowest BCUT2D eigenvalue weighted by atomic mass is 9.95. The molecule has 4 nitrogen and oxygen atoms in total. The van der Waals surface area contributed by atoms with Crippen molar-refractivity contribution >= 4 is 21.8 Å². The van der Waals surface area contributed by atoms with Crippen LogP contribution in [0.2, 0.25) is 0 Å². The molecular weight excluding hydrogens is 356 g/mol. The third-order valence-electron chi connectivity index (χ3n) is 4.51. The lowest BCUT2D eigenvalue weighted by Gasteiger charge is -2.24. The smallest absolute Gasteiger partial charge is 0.230 e. The number of hydrogen-bond donors (Lipinski definition) is 1. The van der Waals surface area contributed by atoms with Gasteiger partial charge in [0.2, 0.25) is 5.91 Å². The molecule has 5 heteroatoms. The van der Waals surface area contributed by atoms with Crippen LogP contribution >= 0.6 is 15.9 Å². The van der Waals surface area contributed by atoms with Gasteiger partial charge >= 0.3 is 0 Å². The fourth-order valence-corrected chi connectivity index (χ4v) is 3.33. The first-order chi connectivity index (χ1) is 11.0. The third-order valence-corrected chi connectivity index (χ3v) is 5.01. The van der Waals surface area contributed by atoms with Gasteiger partial charge in [0.05, 0.1) is 17.7 Å². The number of carbonyl (C=O) groups is 1. The van der Waals surface area contributed by atoms with Crippen LogP contribution in [0.1, 0.15) is 30.2 Å². The average molecular weight is 377 g/mol. The van der Waals surface area contributed by atoms with Gasteiger partial charge in [-0.1, -0.05) is 28.1 Å². The second kappa shape index (κ2) is 6.49. The summed E-state index contributed by atoms with van der Waals surface area (Å²) >= 11 is 3.49. The molecule has 0 bridgehead atoms. The lowest BCUT2D eigenvalue weighted by Crippen LogP contribution is -2.40. The maximum Gasteiger partial charge on any atom is 0.230 e. The molecule has 0 spiro atoms. The minimum absolute atomic E-state index is 0.0345. The molecule has 122 valence electrons. The van der Waals surface area contributed by atoms with Crippen LogP contribution in [0.3, 0.4) is 0 Å². The summed E-state index contributed by atoms with van der Waals surface area (Å²) in [5, 5.41) is 3.12. The number of halogens is 1. The summed E-state index contributed by atoms with van der Waals surface area (Å²) in [4.78, 5) is 14.8. The minimum Gasteiger partial charge on any atom is -0.468 e. The molecule has 3 rings (SSSR count). The monoisotopic (exact) mass is 376 g/mol. The third kappa shape index (κ3) is 3.35. The molecule has 1 N–H and O–H groups in total. The molecule has 1 aromatic carbocycles. The van der Waals surface area contributed by atoms with E-state index in [-0.39, 0.29) is 17.4 Å². The van der Waals surface area contributed by atoms with Crippen molar-refractivity contribution in [2.45, 2.75) is 24.3 Å². The van der Waals surface area contributed by atoms with Crippen molar-refractivity contribution in [2.75, 3.05) is 20.6 Å². The minimum atomic E-state index is -0.357. The van der Waals surface area contributed by atoms with Crippen molar-refractivity contribution in [1.82, 2.24) is 10.2 Å². The number of likely N-dealkylation sites (N-methyl/N-ethyl adjacent to an activating group) is 1. The van der Waals surface area contributed by atoms with Gasteiger partial charge in [0.25, 0.3) is 0 Å². The Hall–Kier alpha value is -1.59. The summed E-state index contributed by atoms with van der Waals surface area (Å²) in [5.41, 5.74) is 0.729. The van der Waals surface area contributed by atoms with E-state index in [0.29, 0.717) is 6.54 Å². The first-order valence-electron chi connectivity index (χ1n) is 7.77. The van der Waals surface area contributed by atoms with Crippen LogP contribution in [0.15, 0.2) is 51.6 Å². The second-order valence-electron chi connectivity index (χ2n) is 6.30. The zero-order chi connectivity index (χ0) is 16.4. The Morgan fingerprint density at radius 1 is 1.35 bits per heavy atom. The summed E-state index contributed by atoms with van der Waals surface area (Å²) < 4.78 is 6.50. The molecule has 23 heavy (non-hydrogen) atoms. The van der Waals surface area contributed by atoms with Gasteiger partial charge in [-0.15, -0.1) is 0 Å². The van der Waals surface area contributed by atoms with Gasteiger partial charge in [0.1, 0.15) is 5.76 Å². The van der Waals surface area contributed by atoms with E-state index in [4.69, 9.17) is 4.42 Å². The molecule has 1 unspecified atom stereocenters. The van der Waals surface area contributed by atoms with Crippen molar-refractivity contribution in [3.05, 3.63) is 58.5 Å². The predicted molar refractivity (Wildman–Crippen MR) is 93.2 cm³/mol. The first-order valence-corrected chi connectivity index (χ1v) is 8.56. The van der Waals surface area contributed by atoms with Crippen LogP contribution in [-0.4, -0.2) is 31.4 Å². The van der Waals surface area contributed by atoms with Crippen molar-refractivity contribution < 1.29 is 9.21 Å². The van der Waals surface area contributed by atoms with Crippen LogP contribution in [-0.2, 0) is 10.2 Å². The second-order valence-corrected chi connectivity index (χ2v) is 7.21. The van der Waals surface area contributed by atoms with Gasteiger partial charge in [0, 0.05) is 11.0 Å². The van der Waals surface area contributed by atoms with E-state index in [1.165, 1.54) is 0 Å². The molecule has 1 saturated carbocycles. The molecule has 1 fully saturated rings. The van der Waals surface area contributed by atoms with Gasteiger partial charge in [-0.2, -0.15) is 0 Å². The number of amides is 1. The molecule has 2 aromatic rings. The first kappa shape index (κ1) is 16.3. The van der Waals surface area contributed by atoms with Gasteiger partial charge < -0.3 is 9.73 Å². The zero-order valence-electron chi connectivity index (χ0n) is 13.4. The molecule has 0 radical (unpaired) electrons. The molecular formula is C18H21BrN2O2. The van der Waals surface area contributed by atoms with Gasteiger partial charge in [-0.05, 0) is 56.8 Å². The topological polar surface area (TPSA) is 45.5 Å². The summed E-state index contributed by atoms with van der Waals surface area (Å²) in [6.07, 6.45) is 3.48. The van der Waals surface area contributed by atoms with Crippen LogP contribution < -0.4 is 5.32 Å². The van der Waals surface area contributed by atoms with Crippen molar-refractivity contribution in [3.8, 4) is 0 Å². The highest BCUT2D eigenvalue weighted by molar-refractivity contribution is 9.10. The van der Waals surface area contributed by atoms with E-state index in [9.17, 15) is 4.79 Å². The average Bonchev–Trinajstić information content (AvgIpc) is 3.17. The highest BCUT2D eigenvalue weighted by atomic mass is 79.9. The van der Waals surface area contributed by atoms with E-state index >= 15 is 0 Å². The van der Waals surface area contributed by atoms with Gasteiger partial charge in [-0.25, -0.2) is 0 Å². The maximum absolute atomic E-state index is 12.8. The number of nitrogens with one attached hydrogen (secondary N) is 1. The van der Waals surface area contributed by atoms with Crippen LogP contribution in [0.25, 0.3) is 0 Å². The predicted octanol–water partition coefficient (Wildman–Crippen LogP) is 3.49. The summed E-state index contributed by atoms with van der Waals surface area (Å²) in [6, 6.07) is 11.9. The van der Waals surface area contributed by atoms with Gasteiger partial charge in [0.15, 0.2) is 0 Å². The number of carbonyl (C=O) groups excluding carboxylic acids is 1. The molecule has 1 aliphatic rings. The number of furan rings is 1. The number of benzene rings is 1. The van der Waals surface area contributed by atoms with Crippen LogP contribution in [0.4, 0.5) is 0 Å². The Kier molecular flexibility index (Phi) is 4.60. The molecule has 0 saturated heterocycles. The molecule has 0 aliphatic heterocycles. The number of rotatable bonds is 6. The van der Waals surface area contributed by atoms with Crippen LogP contribution in [0, 0.1) is 0 Å². The highest BCUT2D eigenvalue weighted by Crippen LogP contribution is 2.48.